The van der Waals surface area contributed by atoms with Crippen molar-refractivity contribution in [3.05, 3.63) is 29.3 Å². The van der Waals surface area contributed by atoms with Crippen LogP contribution < -0.4 is 11.1 Å². The third-order valence-electron chi connectivity index (χ3n) is 1.47. The number of rotatable bonds is 2. The van der Waals surface area contributed by atoms with Crippen LogP contribution in [0.25, 0.3) is 0 Å². The minimum Gasteiger partial charge on any atom is -0.398 e. The number of benzene rings is 1. The van der Waals surface area contributed by atoms with Crippen LogP contribution >= 0.6 is 22.6 Å². The third kappa shape index (κ3) is 1.82. The molecule has 1 aromatic carbocycles. The monoisotopic (exact) mass is 275 g/mol. The van der Waals surface area contributed by atoms with E-state index < -0.39 is 0 Å². The minimum absolute atomic E-state index is 0.582. The van der Waals surface area contributed by atoms with Crippen molar-refractivity contribution in [3.63, 3.8) is 0 Å². The maximum Gasteiger partial charge on any atom is 0.242 e. The first-order valence-electron chi connectivity index (χ1n) is 3.28. The minimum atomic E-state index is 0.582. The molecule has 0 aliphatic rings. The molecule has 0 bridgehead atoms. The number of hydrogen-bond acceptors (Lipinski definition) is 2. The molecular weight excluding hydrogens is 267 g/mol. The van der Waals surface area contributed by atoms with Crippen LogP contribution in [0.15, 0.2) is 18.2 Å². The first kappa shape index (κ1) is 9.18. The van der Waals surface area contributed by atoms with Gasteiger partial charge in [0, 0.05) is 33.8 Å². The summed E-state index contributed by atoms with van der Waals surface area (Å²) >= 11 is 1.97. The quantitative estimate of drug-likeness (QED) is 0.346. The van der Waals surface area contributed by atoms with Gasteiger partial charge in [0.15, 0.2) is 0 Å². The zero-order valence-electron chi connectivity index (χ0n) is 6.25. The van der Waals surface area contributed by atoms with Crippen LogP contribution in [0, 0.1) is 0 Å². The Morgan fingerprint density at radius 1 is 1.58 bits per heavy atom. The number of halogens is 1. The molecule has 0 spiro atoms. The summed E-state index contributed by atoms with van der Waals surface area (Å²) in [6, 6.07) is 5.00. The van der Waals surface area contributed by atoms with Crippen LogP contribution in [0.2, 0.25) is 0 Å². The van der Waals surface area contributed by atoms with E-state index in [4.69, 9.17) is 11.1 Å². The highest BCUT2D eigenvalue weighted by Gasteiger charge is 2.07. The van der Waals surface area contributed by atoms with Gasteiger partial charge in [-0.05, 0) is 18.2 Å². The second-order valence-corrected chi connectivity index (χ2v) is 3.47. The van der Waals surface area contributed by atoms with Crippen LogP contribution in [0.1, 0.15) is 15.9 Å². The van der Waals surface area contributed by atoms with Gasteiger partial charge in [0.2, 0.25) is 3.72 Å². The number of nitrogens with two attached hydrogens (primary N) is 2. The molecule has 0 heterocycles. The Kier molecular flexibility index (Phi) is 2.80. The summed E-state index contributed by atoms with van der Waals surface area (Å²) in [5.41, 5.74) is 7.52. The Morgan fingerprint density at radius 2 is 2.25 bits per heavy atom. The van der Waals surface area contributed by atoms with Crippen molar-refractivity contribution >= 4 is 38.3 Å². The van der Waals surface area contributed by atoms with Crippen molar-refractivity contribution in [3.8, 4) is 0 Å². The molecule has 0 atom stereocenters. The molecule has 12 heavy (non-hydrogen) atoms. The molecule has 0 aliphatic carbocycles. The molecule has 0 radical (unpaired) electrons. The molecule has 1 rings (SSSR count). The molecule has 0 aromatic heterocycles. The van der Waals surface area contributed by atoms with E-state index in [-0.39, 0.29) is 0 Å². The van der Waals surface area contributed by atoms with Crippen molar-refractivity contribution in [2.24, 2.45) is 0 Å². The smallest absolute Gasteiger partial charge is 0.242 e. The SMILES string of the molecule is Nc1ccc(C=O)cc1C(=[NH2+])I. The second-order valence-electron chi connectivity index (χ2n) is 2.31. The van der Waals surface area contributed by atoms with Gasteiger partial charge in [0.25, 0.3) is 0 Å². The molecule has 0 saturated heterocycles. The number of carbonyl (C=O) groups is 1. The first-order valence-corrected chi connectivity index (χ1v) is 4.36. The van der Waals surface area contributed by atoms with E-state index in [1.165, 1.54) is 0 Å². The second kappa shape index (κ2) is 3.66. The van der Waals surface area contributed by atoms with Crippen LogP contribution in [-0.2, 0) is 0 Å². The van der Waals surface area contributed by atoms with E-state index >= 15 is 0 Å². The standard InChI is InChI=1S/C8H7IN2O/c9-8(11)6-3-5(4-12)1-2-7(6)10/h1-4,11H,10H2/p+1. The van der Waals surface area contributed by atoms with Crippen molar-refractivity contribution < 1.29 is 10.2 Å². The van der Waals surface area contributed by atoms with Gasteiger partial charge in [-0.2, -0.15) is 0 Å². The Labute approximate surface area is 83.6 Å². The van der Waals surface area contributed by atoms with E-state index in [0.717, 1.165) is 11.8 Å². The number of nitrogen functional groups attached to an aromatic ring is 1. The van der Waals surface area contributed by atoms with E-state index in [9.17, 15) is 4.79 Å². The van der Waals surface area contributed by atoms with Crippen LogP contribution in [0.4, 0.5) is 5.69 Å². The topological polar surface area (TPSA) is 68.7 Å². The summed E-state index contributed by atoms with van der Waals surface area (Å²) in [4.78, 5) is 10.4. The van der Waals surface area contributed by atoms with E-state index in [2.05, 4.69) is 0 Å². The van der Waals surface area contributed by atoms with Crippen molar-refractivity contribution in [2.45, 2.75) is 0 Å². The van der Waals surface area contributed by atoms with E-state index in [1.54, 1.807) is 18.2 Å². The van der Waals surface area contributed by atoms with Gasteiger partial charge in [-0.3, -0.25) is 4.79 Å². The molecule has 4 heteroatoms. The maximum atomic E-state index is 10.4. The molecule has 0 amide bonds. The lowest BCUT2D eigenvalue weighted by Crippen LogP contribution is -2.36. The summed E-state index contributed by atoms with van der Waals surface area (Å²) in [6.45, 7) is 0. The van der Waals surface area contributed by atoms with Crippen LogP contribution in [0.5, 0.6) is 0 Å². The lowest BCUT2D eigenvalue weighted by molar-refractivity contribution is -0.106. The molecule has 0 aliphatic heterocycles. The summed E-state index contributed by atoms with van der Waals surface area (Å²) in [7, 11) is 0. The highest BCUT2D eigenvalue weighted by atomic mass is 127. The molecule has 62 valence electrons. The average molecular weight is 275 g/mol. The Hall–Kier alpha value is -0.910. The van der Waals surface area contributed by atoms with Crippen molar-refractivity contribution in [1.29, 1.82) is 0 Å². The largest absolute Gasteiger partial charge is 0.398 e. The molecule has 0 saturated carbocycles. The van der Waals surface area contributed by atoms with Gasteiger partial charge in [0.05, 0.1) is 5.56 Å². The van der Waals surface area contributed by atoms with Gasteiger partial charge < -0.3 is 5.73 Å². The van der Waals surface area contributed by atoms with Crippen LogP contribution in [0.3, 0.4) is 0 Å². The normalized spacial score (nSPS) is 9.42. The highest BCUT2D eigenvalue weighted by Crippen LogP contribution is 2.14. The Morgan fingerprint density at radius 3 is 2.75 bits per heavy atom. The first-order chi connectivity index (χ1) is 5.65. The molecule has 3 nitrogen and oxygen atoms in total. The number of aldehydes is 1. The maximum absolute atomic E-state index is 10.4. The predicted octanol–water partition coefficient (Wildman–Crippen LogP) is 0.0220. The summed E-state index contributed by atoms with van der Waals surface area (Å²) < 4.78 is 0.591. The van der Waals surface area contributed by atoms with Crippen LogP contribution in [-0.4, -0.2) is 10.0 Å². The fourth-order valence-electron chi connectivity index (χ4n) is 0.854. The Bertz CT molecular complexity index is 336. The fourth-order valence-corrected chi connectivity index (χ4v) is 1.32. The summed E-state index contributed by atoms with van der Waals surface area (Å²) in [5.74, 6) is 0. The number of carbonyl (C=O) groups excluding carboxylic acids is 1. The molecular formula is C8H8IN2O+. The van der Waals surface area contributed by atoms with Gasteiger partial charge in [-0.15, -0.1) is 0 Å². The molecule has 4 N–H and O–H groups in total. The number of hydrogen-bond donors (Lipinski definition) is 2. The van der Waals surface area contributed by atoms with E-state index in [1.807, 2.05) is 22.6 Å². The predicted molar refractivity (Wildman–Crippen MR) is 56.3 cm³/mol. The zero-order chi connectivity index (χ0) is 9.14. The van der Waals surface area contributed by atoms with Gasteiger partial charge >= 0.3 is 0 Å². The lowest BCUT2D eigenvalue weighted by atomic mass is 10.1. The molecule has 0 fully saturated rings. The summed E-state index contributed by atoms with van der Waals surface area (Å²) in [5, 5.41) is 5.55. The average Bonchev–Trinajstić information content (AvgIpc) is 2.05. The van der Waals surface area contributed by atoms with Gasteiger partial charge in [0.1, 0.15) is 6.29 Å². The Balaban J connectivity index is 3.25. The summed E-state index contributed by atoms with van der Waals surface area (Å²) in [6.07, 6.45) is 0.766. The lowest BCUT2D eigenvalue weighted by Gasteiger charge is -1.99. The zero-order valence-corrected chi connectivity index (χ0v) is 8.41. The van der Waals surface area contributed by atoms with E-state index in [0.29, 0.717) is 15.0 Å². The van der Waals surface area contributed by atoms with Crippen molar-refractivity contribution in [2.75, 3.05) is 5.73 Å². The van der Waals surface area contributed by atoms with Gasteiger partial charge in [-0.25, -0.2) is 5.41 Å². The van der Waals surface area contributed by atoms with Gasteiger partial charge in [-0.1, -0.05) is 0 Å². The highest BCUT2D eigenvalue weighted by molar-refractivity contribution is 14.1. The van der Waals surface area contributed by atoms with Crippen molar-refractivity contribution in [1.82, 2.24) is 0 Å². The molecule has 0 unspecified atom stereocenters. The number of anilines is 1. The third-order valence-corrected chi connectivity index (χ3v) is 2.05. The molecule has 1 aromatic rings. The fraction of sp³-hybridized carbons (Fsp3) is 0.